The number of nitrogens with one attached hydrogen (secondary N) is 2. The Labute approximate surface area is 134 Å². The lowest BCUT2D eigenvalue weighted by Crippen LogP contribution is -2.41. The van der Waals surface area contributed by atoms with Gasteiger partial charge >= 0.3 is 0 Å². The van der Waals surface area contributed by atoms with Crippen LogP contribution in [0.2, 0.25) is 10.0 Å². The monoisotopic (exact) mass is 409 g/mol. The fourth-order valence-electron chi connectivity index (χ4n) is 1.69. The van der Waals surface area contributed by atoms with Crippen molar-refractivity contribution >= 4 is 51.7 Å². The maximum atomic E-state index is 11.5. The predicted molar refractivity (Wildman–Crippen MR) is 83.7 cm³/mol. The molecule has 0 aliphatic carbocycles. The first-order valence-electron chi connectivity index (χ1n) is 5.35. The minimum absolute atomic E-state index is 0.157. The van der Waals surface area contributed by atoms with E-state index in [1.165, 1.54) is 6.92 Å². The molecule has 1 aromatic heterocycles. The van der Waals surface area contributed by atoms with Gasteiger partial charge in [-0.25, -0.2) is 4.98 Å². The van der Waals surface area contributed by atoms with Crippen molar-refractivity contribution in [1.29, 1.82) is 0 Å². The molecule has 0 spiro atoms. The molecule has 0 saturated heterocycles. The number of alkyl halides is 1. The Bertz CT molecular complexity index is 603. The number of aromatic nitrogens is 2. The average Bonchev–Trinajstić information content (AvgIpc) is 2.85. The Morgan fingerprint density at radius 2 is 2.16 bits per heavy atom. The number of H-pyrrole nitrogens is 1. The molecule has 4 nitrogen and oxygen atoms in total. The standard InChI is InChI=1S/C12H10Cl2IN3O/c1-7(19)18-12(15,11-5-16-6-17-11)8-2-3-9(13)10(14)4-8/h2-6H,1H3,(H,16,17)(H,18,19). The number of halogens is 3. The highest BCUT2D eigenvalue weighted by Gasteiger charge is 2.34. The summed E-state index contributed by atoms with van der Waals surface area (Å²) < 4.78 is -0.770. The zero-order valence-corrected chi connectivity index (χ0v) is 13.5. The van der Waals surface area contributed by atoms with E-state index in [0.29, 0.717) is 10.0 Å². The Hall–Kier alpha value is -0.790. The van der Waals surface area contributed by atoms with Crippen molar-refractivity contribution < 1.29 is 4.79 Å². The molecule has 0 aliphatic rings. The molecule has 0 fully saturated rings. The van der Waals surface area contributed by atoms with Crippen LogP contribution in [0.1, 0.15) is 18.2 Å². The van der Waals surface area contributed by atoms with Crippen LogP contribution in [0.3, 0.4) is 0 Å². The lowest BCUT2D eigenvalue weighted by atomic mass is 10.0. The second-order valence-electron chi connectivity index (χ2n) is 3.93. The van der Waals surface area contributed by atoms with Gasteiger partial charge in [-0.1, -0.05) is 29.3 Å². The summed E-state index contributed by atoms with van der Waals surface area (Å²) in [5.41, 5.74) is 1.56. The first-order chi connectivity index (χ1) is 8.93. The molecular weight excluding hydrogens is 400 g/mol. The molecule has 1 unspecified atom stereocenters. The number of rotatable bonds is 3. The van der Waals surface area contributed by atoms with Crippen LogP contribution in [0.15, 0.2) is 30.7 Å². The summed E-state index contributed by atoms with van der Waals surface area (Å²) >= 11 is 14.1. The van der Waals surface area contributed by atoms with Crippen LogP contribution in [0, 0.1) is 0 Å². The average molecular weight is 410 g/mol. The van der Waals surface area contributed by atoms with Crippen molar-refractivity contribution in [3.8, 4) is 0 Å². The number of benzene rings is 1. The smallest absolute Gasteiger partial charge is 0.218 e. The lowest BCUT2D eigenvalue weighted by molar-refractivity contribution is -0.119. The van der Waals surface area contributed by atoms with Crippen molar-refractivity contribution in [2.45, 2.75) is 10.5 Å². The van der Waals surface area contributed by atoms with Crippen LogP contribution in [-0.2, 0) is 8.34 Å². The third-order valence-electron chi connectivity index (χ3n) is 2.54. The van der Waals surface area contributed by atoms with Gasteiger partial charge in [0, 0.05) is 6.92 Å². The second-order valence-corrected chi connectivity index (χ2v) is 6.37. The summed E-state index contributed by atoms with van der Waals surface area (Å²) in [5.74, 6) is -0.157. The molecule has 0 bridgehead atoms. The van der Waals surface area contributed by atoms with Gasteiger partial charge in [0.1, 0.15) is 0 Å². The zero-order chi connectivity index (χ0) is 14.0. The van der Waals surface area contributed by atoms with Crippen molar-refractivity contribution in [3.63, 3.8) is 0 Å². The normalized spacial score (nSPS) is 13.9. The second kappa shape index (κ2) is 5.68. The van der Waals surface area contributed by atoms with Crippen LogP contribution >= 0.6 is 45.8 Å². The van der Waals surface area contributed by atoms with Gasteiger partial charge in [0.25, 0.3) is 0 Å². The third-order valence-corrected chi connectivity index (χ3v) is 4.75. The van der Waals surface area contributed by atoms with Crippen LogP contribution in [0.5, 0.6) is 0 Å². The summed E-state index contributed by atoms with van der Waals surface area (Å²) in [7, 11) is 0. The van der Waals surface area contributed by atoms with E-state index < -0.39 is 3.55 Å². The Balaban J connectivity index is 2.54. The van der Waals surface area contributed by atoms with E-state index in [1.54, 1.807) is 24.7 Å². The minimum atomic E-state index is -0.770. The Kier molecular flexibility index (Phi) is 4.37. The molecule has 2 aromatic rings. The first-order valence-corrected chi connectivity index (χ1v) is 7.19. The quantitative estimate of drug-likeness (QED) is 0.463. The maximum absolute atomic E-state index is 11.5. The molecular formula is C12H10Cl2IN3O. The summed E-state index contributed by atoms with van der Waals surface area (Å²) in [4.78, 5) is 18.5. The van der Waals surface area contributed by atoms with Gasteiger partial charge in [0.05, 0.1) is 28.3 Å². The molecule has 1 atom stereocenters. The highest BCUT2D eigenvalue weighted by Crippen LogP contribution is 2.37. The predicted octanol–water partition coefficient (Wildman–Crippen LogP) is 3.49. The van der Waals surface area contributed by atoms with Crippen molar-refractivity contribution in [1.82, 2.24) is 15.3 Å². The lowest BCUT2D eigenvalue weighted by Gasteiger charge is -2.28. The van der Waals surface area contributed by atoms with Gasteiger partial charge in [-0.15, -0.1) is 0 Å². The van der Waals surface area contributed by atoms with Crippen LogP contribution < -0.4 is 5.32 Å². The van der Waals surface area contributed by atoms with E-state index in [2.05, 4.69) is 37.9 Å². The highest BCUT2D eigenvalue weighted by atomic mass is 127. The van der Waals surface area contributed by atoms with Gasteiger partial charge in [-0.2, -0.15) is 0 Å². The SMILES string of the molecule is CC(=O)NC(I)(c1ccc(Cl)c(Cl)c1)c1cnc[nH]1. The van der Waals surface area contributed by atoms with Gasteiger partial charge < -0.3 is 10.3 Å². The largest absolute Gasteiger partial charge is 0.346 e. The molecule has 1 aromatic carbocycles. The fourth-order valence-corrected chi connectivity index (χ4v) is 3.00. The van der Waals surface area contributed by atoms with Crippen LogP contribution in [0.4, 0.5) is 0 Å². The third kappa shape index (κ3) is 3.04. The van der Waals surface area contributed by atoms with E-state index in [9.17, 15) is 4.79 Å². The summed E-state index contributed by atoms with van der Waals surface area (Å²) in [6.07, 6.45) is 3.22. The number of amides is 1. The number of imidazole rings is 1. The molecule has 0 radical (unpaired) electrons. The topological polar surface area (TPSA) is 57.8 Å². The van der Waals surface area contributed by atoms with E-state index in [-0.39, 0.29) is 5.91 Å². The number of hydrogen-bond acceptors (Lipinski definition) is 2. The number of nitrogens with zero attached hydrogens (tertiary/aromatic N) is 1. The molecule has 2 rings (SSSR count). The molecule has 19 heavy (non-hydrogen) atoms. The molecule has 1 heterocycles. The van der Waals surface area contributed by atoms with Gasteiger partial charge in [0.2, 0.25) is 5.91 Å². The maximum Gasteiger partial charge on any atom is 0.218 e. The van der Waals surface area contributed by atoms with Crippen molar-refractivity contribution in [3.05, 3.63) is 52.0 Å². The Morgan fingerprint density at radius 1 is 1.42 bits per heavy atom. The van der Waals surface area contributed by atoms with Crippen LogP contribution in [-0.4, -0.2) is 15.9 Å². The number of carbonyl (C=O) groups excluding carboxylic acids is 1. The van der Waals surface area contributed by atoms with E-state index in [1.807, 2.05) is 6.07 Å². The molecule has 7 heteroatoms. The number of aromatic amines is 1. The molecule has 0 aliphatic heterocycles. The van der Waals surface area contributed by atoms with Gasteiger partial charge in [-0.05, 0) is 40.3 Å². The first kappa shape index (κ1) is 14.6. The fraction of sp³-hybridized carbons (Fsp3) is 0.167. The van der Waals surface area contributed by atoms with Crippen molar-refractivity contribution in [2.24, 2.45) is 0 Å². The van der Waals surface area contributed by atoms with E-state index in [4.69, 9.17) is 23.2 Å². The summed E-state index contributed by atoms with van der Waals surface area (Å²) in [5, 5.41) is 3.80. The highest BCUT2D eigenvalue weighted by molar-refractivity contribution is 14.1. The van der Waals surface area contributed by atoms with E-state index >= 15 is 0 Å². The minimum Gasteiger partial charge on any atom is -0.346 e. The van der Waals surface area contributed by atoms with Gasteiger partial charge in [-0.3, -0.25) is 4.79 Å². The summed E-state index contributed by atoms with van der Waals surface area (Å²) in [6, 6.07) is 5.25. The molecule has 2 N–H and O–H groups in total. The number of carbonyl (C=O) groups is 1. The summed E-state index contributed by atoms with van der Waals surface area (Å²) in [6.45, 7) is 1.46. The van der Waals surface area contributed by atoms with E-state index in [0.717, 1.165) is 11.3 Å². The zero-order valence-electron chi connectivity index (χ0n) is 9.88. The Morgan fingerprint density at radius 3 is 2.68 bits per heavy atom. The number of hydrogen-bond donors (Lipinski definition) is 2. The molecule has 0 saturated carbocycles. The van der Waals surface area contributed by atoms with Gasteiger partial charge in [0.15, 0.2) is 3.55 Å². The molecule has 100 valence electrons. The van der Waals surface area contributed by atoms with Crippen LogP contribution in [0.25, 0.3) is 0 Å². The van der Waals surface area contributed by atoms with Crippen molar-refractivity contribution in [2.75, 3.05) is 0 Å². The molecule has 1 amide bonds.